The van der Waals surface area contributed by atoms with Crippen molar-refractivity contribution in [1.29, 1.82) is 0 Å². The minimum absolute atomic E-state index is 0.0306. The van der Waals surface area contributed by atoms with Crippen LogP contribution in [0.1, 0.15) is 54.5 Å². The highest BCUT2D eigenvalue weighted by atomic mass is 16.4. The van der Waals surface area contributed by atoms with Crippen molar-refractivity contribution in [1.82, 2.24) is 15.0 Å². The second-order valence-electron chi connectivity index (χ2n) is 6.56. The molecule has 0 saturated heterocycles. The zero-order valence-corrected chi connectivity index (χ0v) is 12.6. The molecule has 1 heterocycles. The van der Waals surface area contributed by atoms with Crippen LogP contribution in [0.15, 0.2) is 18.2 Å². The van der Waals surface area contributed by atoms with Crippen molar-refractivity contribution in [2.45, 2.75) is 45.4 Å². The number of aromatic carboxylic acids is 1. The van der Waals surface area contributed by atoms with Crippen LogP contribution in [-0.2, 0) is 18.3 Å². The highest BCUT2D eigenvalue weighted by Crippen LogP contribution is 2.29. The standard InChI is InChI=1S/C16H19N3O2/c1-16(2,3)14-13(15(20)21)17-18-19(14)12-8-7-10-5-4-6-11(10)9-12/h7-9H,4-6H2,1-3H3,(H,20,21). The van der Waals surface area contributed by atoms with E-state index in [1.807, 2.05) is 26.8 Å². The van der Waals surface area contributed by atoms with E-state index in [1.54, 1.807) is 4.68 Å². The third kappa shape index (κ3) is 2.33. The maximum Gasteiger partial charge on any atom is 0.358 e. The number of rotatable bonds is 2. The minimum atomic E-state index is -1.03. The quantitative estimate of drug-likeness (QED) is 0.921. The van der Waals surface area contributed by atoms with Crippen LogP contribution >= 0.6 is 0 Å². The van der Waals surface area contributed by atoms with E-state index < -0.39 is 5.97 Å². The second kappa shape index (κ2) is 4.69. The molecular weight excluding hydrogens is 266 g/mol. The zero-order chi connectivity index (χ0) is 15.2. The van der Waals surface area contributed by atoms with E-state index in [0.717, 1.165) is 18.5 Å². The van der Waals surface area contributed by atoms with Gasteiger partial charge < -0.3 is 5.11 Å². The number of aromatic nitrogens is 3. The molecule has 5 nitrogen and oxygen atoms in total. The van der Waals surface area contributed by atoms with Gasteiger partial charge in [0.05, 0.1) is 11.4 Å². The molecule has 0 fully saturated rings. The highest BCUT2D eigenvalue weighted by molar-refractivity contribution is 5.87. The van der Waals surface area contributed by atoms with Crippen molar-refractivity contribution in [2.24, 2.45) is 0 Å². The van der Waals surface area contributed by atoms with E-state index >= 15 is 0 Å². The van der Waals surface area contributed by atoms with Gasteiger partial charge in [-0.2, -0.15) is 0 Å². The fourth-order valence-corrected chi connectivity index (χ4v) is 2.97. The molecule has 5 heteroatoms. The van der Waals surface area contributed by atoms with Crippen molar-refractivity contribution in [3.63, 3.8) is 0 Å². The SMILES string of the molecule is CC(C)(C)c1c(C(=O)O)nnn1-c1ccc2c(c1)CCC2. The molecule has 0 spiro atoms. The maximum atomic E-state index is 11.4. The topological polar surface area (TPSA) is 68.0 Å². The molecule has 1 aromatic heterocycles. The van der Waals surface area contributed by atoms with E-state index in [1.165, 1.54) is 17.5 Å². The Balaban J connectivity index is 2.17. The van der Waals surface area contributed by atoms with Crippen LogP contribution in [0, 0.1) is 0 Å². The van der Waals surface area contributed by atoms with Crippen molar-refractivity contribution in [2.75, 3.05) is 0 Å². The number of nitrogens with zero attached hydrogens (tertiary/aromatic N) is 3. The first-order chi connectivity index (χ1) is 9.88. The molecule has 1 aromatic carbocycles. The summed E-state index contributed by atoms with van der Waals surface area (Å²) in [5.41, 5.74) is 3.92. The summed E-state index contributed by atoms with van der Waals surface area (Å²) < 4.78 is 1.67. The first-order valence-electron chi connectivity index (χ1n) is 7.19. The predicted molar refractivity (Wildman–Crippen MR) is 79.0 cm³/mol. The number of hydrogen-bond acceptors (Lipinski definition) is 3. The van der Waals surface area contributed by atoms with Crippen LogP contribution in [0.5, 0.6) is 0 Å². The molecule has 0 unspecified atom stereocenters. The molecule has 0 amide bonds. The number of carbonyl (C=O) groups is 1. The average Bonchev–Trinajstić information content (AvgIpc) is 3.03. The van der Waals surface area contributed by atoms with Gasteiger partial charge in [0.1, 0.15) is 0 Å². The molecule has 1 aliphatic carbocycles. The first-order valence-corrected chi connectivity index (χ1v) is 7.19. The molecule has 0 bridgehead atoms. The Morgan fingerprint density at radius 3 is 2.62 bits per heavy atom. The molecular formula is C16H19N3O2. The van der Waals surface area contributed by atoms with Crippen molar-refractivity contribution in [3.05, 3.63) is 40.7 Å². The van der Waals surface area contributed by atoms with Gasteiger partial charge in [-0.15, -0.1) is 5.10 Å². The summed E-state index contributed by atoms with van der Waals surface area (Å²) in [5, 5.41) is 17.3. The fourth-order valence-electron chi connectivity index (χ4n) is 2.97. The first kappa shape index (κ1) is 13.8. The molecule has 0 radical (unpaired) electrons. The molecule has 21 heavy (non-hydrogen) atoms. The number of aryl methyl sites for hydroxylation is 2. The summed E-state index contributed by atoms with van der Waals surface area (Å²) in [6.45, 7) is 5.92. The third-order valence-electron chi connectivity index (χ3n) is 3.91. The third-order valence-corrected chi connectivity index (χ3v) is 3.91. The summed E-state index contributed by atoms with van der Waals surface area (Å²) >= 11 is 0. The van der Waals surface area contributed by atoms with Crippen LogP contribution in [0.4, 0.5) is 0 Å². The molecule has 3 rings (SSSR count). The zero-order valence-electron chi connectivity index (χ0n) is 12.6. The van der Waals surface area contributed by atoms with Crippen molar-refractivity contribution >= 4 is 5.97 Å². The molecule has 1 N–H and O–H groups in total. The van der Waals surface area contributed by atoms with Crippen LogP contribution in [0.25, 0.3) is 5.69 Å². The van der Waals surface area contributed by atoms with Crippen molar-refractivity contribution in [3.8, 4) is 5.69 Å². The normalized spacial score (nSPS) is 14.2. The van der Waals surface area contributed by atoms with Gasteiger partial charge in [-0.1, -0.05) is 32.1 Å². The van der Waals surface area contributed by atoms with Crippen molar-refractivity contribution < 1.29 is 9.90 Å². The Bertz CT molecular complexity index is 711. The maximum absolute atomic E-state index is 11.4. The summed E-state index contributed by atoms with van der Waals surface area (Å²) in [4.78, 5) is 11.4. The van der Waals surface area contributed by atoms with Crippen LogP contribution in [0.3, 0.4) is 0 Å². The van der Waals surface area contributed by atoms with E-state index in [0.29, 0.717) is 5.69 Å². The molecule has 110 valence electrons. The number of benzene rings is 1. The largest absolute Gasteiger partial charge is 0.476 e. The van der Waals surface area contributed by atoms with Gasteiger partial charge in [0.2, 0.25) is 0 Å². The molecule has 1 aliphatic rings. The van der Waals surface area contributed by atoms with Gasteiger partial charge in [-0.3, -0.25) is 0 Å². The van der Waals surface area contributed by atoms with E-state index in [4.69, 9.17) is 0 Å². The van der Waals surface area contributed by atoms with E-state index in [2.05, 4.69) is 22.4 Å². The van der Waals surface area contributed by atoms with Gasteiger partial charge in [0.15, 0.2) is 5.69 Å². The lowest BCUT2D eigenvalue weighted by atomic mass is 9.90. The van der Waals surface area contributed by atoms with E-state index in [9.17, 15) is 9.90 Å². The van der Waals surface area contributed by atoms with Gasteiger partial charge >= 0.3 is 5.97 Å². The molecule has 0 aliphatic heterocycles. The minimum Gasteiger partial charge on any atom is -0.476 e. The smallest absolute Gasteiger partial charge is 0.358 e. The van der Waals surface area contributed by atoms with Crippen LogP contribution in [0.2, 0.25) is 0 Å². The number of hydrogen-bond donors (Lipinski definition) is 1. The average molecular weight is 285 g/mol. The van der Waals surface area contributed by atoms with Crippen LogP contribution < -0.4 is 0 Å². The predicted octanol–water partition coefficient (Wildman–Crippen LogP) is 2.75. The lowest BCUT2D eigenvalue weighted by Crippen LogP contribution is -2.21. The van der Waals surface area contributed by atoms with Gasteiger partial charge in [0.25, 0.3) is 0 Å². The summed E-state index contributed by atoms with van der Waals surface area (Å²) in [7, 11) is 0. The highest BCUT2D eigenvalue weighted by Gasteiger charge is 2.29. The number of carboxylic acids is 1. The molecule has 2 aromatic rings. The summed E-state index contributed by atoms with van der Waals surface area (Å²) in [6.07, 6.45) is 3.39. The Kier molecular flexibility index (Phi) is 3.08. The Hall–Kier alpha value is -2.17. The lowest BCUT2D eigenvalue weighted by Gasteiger charge is -2.20. The van der Waals surface area contributed by atoms with E-state index in [-0.39, 0.29) is 11.1 Å². The monoisotopic (exact) mass is 285 g/mol. The molecule has 0 saturated carbocycles. The Labute approximate surface area is 123 Å². The van der Waals surface area contributed by atoms with Gasteiger partial charge in [0, 0.05) is 5.41 Å². The van der Waals surface area contributed by atoms with Gasteiger partial charge in [-0.05, 0) is 42.5 Å². The van der Waals surface area contributed by atoms with Gasteiger partial charge in [-0.25, -0.2) is 9.48 Å². The second-order valence-corrected chi connectivity index (χ2v) is 6.56. The summed E-state index contributed by atoms with van der Waals surface area (Å²) in [6, 6.07) is 6.23. The molecule has 0 atom stereocenters. The number of fused-ring (bicyclic) bond motifs is 1. The summed E-state index contributed by atoms with van der Waals surface area (Å²) in [5.74, 6) is -1.03. The lowest BCUT2D eigenvalue weighted by molar-refractivity contribution is 0.0687. The Morgan fingerprint density at radius 2 is 1.95 bits per heavy atom. The fraction of sp³-hybridized carbons (Fsp3) is 0.438. The number of carboxylic acid groups (broad SMARTS) is 1. The van der Waals surface area contributed by atoms with Crippen LogP contribution in [-0.4, -0.2) is 26.1 Å². The Morgan fingerprint density at radius 1 is 1.24 bits per heavy atom.